The van der Waals surface area contributed by atoms with Gasteiger partial charge in [0.15, 0.2) is 0 Å². The number of esters is 1. The van der Waals surface area contributed by atoms with Crippen LogP contribution >= 0.6 is 0 Å². The van der Waals surface area contributed by atoms with Gasteiger partial charge in [-0.3, -0.25) is 0 Å². The van der Waals surface area contributed by atoms with Crippen LogP contribution in [-0.2, 0) is 25.6 Å². The highest BCUT2D eigenvalue weighted by molar-refractivity contribution is 5.81. The summed E-state index contributed by atoms with van der Waals surface area (Å²) >= 11 is 0. The number of carbonyl (C=O) groups is 2. The van der Waals surface area contributed by atoms with Crippen molar-refractivity contribution in [3.63, 3.8) is 0 Å². The molecule has 144 valence electrons. The van der Waals surface area contributed by atoms with Crippen LogP contribution in [0, 0.1) is 5.41 Å². The summed E-state index contributed by atoms with van der Waals surface area (Å²) in [4.78, 5) is 24.1. The van der Waals surface area contributed by atoms with Crippen molar-refractivity contribution in [1.29, 1.82) is 0 Å². The first-order valence-electron chi connectivity index (χ1n) is 8.92. The van der Waals surface area contributed by atoms with Gasteiger partial charge in [0.05, 0.1) is 20.3 Å². The summed E-state index contributed by atoms with van der Waals surface area (Å²) in [6.07, 6.45) is 1.79. The summed E-state index contributed by atoms with van der Waals surface area (Å²) in [5.41, 5.74) is 0.392. The minimum absolute atomic E-state index is 0.0946. The zero-order valence-electron chi connectivity index (χ0n) is 16.0. The van der Waals surface area contributed by atoms with E-state index >= 15 is 0 Å². The number of hydrogen-bond donors (Lipinski definition) is 1. The predicted molar refractivity (Wildman–Crippen MR) is 97.6 cm³/mol. The van der Waals surface area contributed by atoms with E-state index in [9.17, 15) is 9.59 Å². The van der Waals surface area contributed by atoms with Gasteiger partial charge < -0.3 is 19.5 Å². The van der Waals surface area contributed by atoms with E-state index < -0.39 is 23.7 Å². The maximum absolute atomic E-state index is 12.1. The van der Waals surface area contributed by atoms with E-state index in [1.165, 1.54) is 7.11 Å². The van der Waals surface area contributed by atoms with Gasteiger partial charge in [0.2, 0.25) is 0 Å². The highest BCUT2D eigenvalue weighted by Gasteiger charge is 2.46. The smallest absolute Gasteiger partial charge is 0.408 e. The molecule has 0 radical (unpaired) electrons. The lowest BCUT2D eigenvalue weighted by Crippen LogP contribution is -2.45. The molecule has 1 aromatic rings. The van der Waals surface area contributed by atoms with Gasteiger partial charge in [-0.1, -0.05) is 30.3 Å². The van der Waals surface area contributed by atoms with Gasteiger partial charge in [-0.15, -0.1) is 0 Å². The number of carbonyl (C=O) groups excluding carboxylic acids is 2. The van der Waals surface area contributed by atoms with Gasteiger partial charge >= 0.3 is 12.1 Å². The Morgan fingerprint density at radius 2 is 1.85 bits per heavy atom. The van der Waals surface area contributed by atoms with Gasteiger partial charge in [-0.25, -0.2) is 9.59 Å². The molecule has 0 saturated heterocycles. The number of ether oxygens (including phenoxy) is 3. The molecule has 1 amide bonds. The summed E-state index contributed by atoms with van der Waals surface area (Å²) in [6.45, 7) is 6.41. The maximum atomic E-state index is 12.1. The fourth-order valence-corrected chi connectivity index (χ4v) is 2.76. The van der Waals surface area contributed by atoms with Crippen LogP contribution in [0.5, 0.6) is 0 Å². The number of nitrogens with one attached hydrogen (secondary N) is 1. The molecule has 1 aliphatic carbocycles. The van der Waals surface area contributed by atoms with E-state index in [0.29, 0.717) is 19.6 Å². The normalized spacial score (nSPS) is 16.5. The highest BCUT2D eigenvalue weighted by Crippen LogP contribution is 2.50. The van der Waals surface area contributed by atoms with E-state index in [1.807, 2.05) is 30.3 Å². The fraction of sp³-hybridized carbons (Fsp3) is 0.600. The molecule has 1 saturated carbocycles. The third kappa shape index (κ3) is 6.67. The average Bonchev–Trinajstić information content (AvgIpc) is 3.32. The number of hydrogen-bond acceptors (Lipinski definition) is 5. The predicted octanol–water partition coefficient (Wildman–Crippen LogP) is 3.44. The third-order valence-electron chi connectivity index (χ3n) is 4.29. The summed E-state index contributed by atoms with van der Waals surface area (Å²) in [5, 5.41) is 2.64. The Hall–Kier alpha value is -2.08. The van der Waals surface area contributed by atoms with Crippen molar-refractivity contribution in [2.24, 2.45) is 5.41 Å². The summed E-state index contributed by atoms with van der Waals surface area (Å²) in [7, 11) is 1.32. The minimum atomic E-state index is -0.738. The lowest BCUT2D eigenvalue weighted by Gasteiger charge is -2.25. The third-order valence-corrected chi connectivity index (χ3v) is 4.29. The van der Waals surface area contributed by atoms with E-state index in [0.717, 1.165) is 18.4 Å². The van der Waals surface area contributed by atoms with Crippen LogP contribution in [0.4, 0.5) is 4.79 Å². The van der Waals surface area contributed by atoms with E-state index in [-0.39, 0.29) is 5.41 Å². The van der Waals surface area contributed by atoms with Crippen LogP contribution in [0.2, 0.25) is 0 Å². The molecular formula is C20H29NO5. The van der Waals surface area contributed by atoms with Crippen LogP contribution in [0.15, 0.2) is 30.3 Å². The maximum Gasteiger partial charge on any atom is 0.408 e. The molecule has 26 heavy (non-hydrogen) atoms. The molecule has 0 bridgehead atoms. The van der Waals surface area contributed by atoms with Crippen LogP contribution in [-0.4, -0.2) is 37.4 Å². The topological polar surface area (TPSA) is 73.9 Å². The van der Waals surface area contributed by atoms with E-state index in [2.05, 4.69) is 5.32 Å². The first kappa shape index (κ1) is 20.2. The Labute approximate surface area is 155 Å². The quantitative estimate of drug-likeness (QED) is 0.716. The summed E-state index contributed by atoms with van der Waals surface area (Å²) in [5.74, 6) is -0.467. The lowest BCUT2D eigenvalue weighted by molar-refractivity contribution is -0.144. The molecule has 1 atom stereocenters. The van der Waals surface area contributed by atoms with Crippen LogP contribution in [0.1, 0.15) is 45.6 Å². The zero-order valence-corrected chi connectivity index (χ0v) is 16.0. The van der Waals surface area contributed by atoms with Gasteiger partial charge in [-0.2, -0.15) is 0 Å². The Morgan fingerprint density at radius 3 is 2.38 bits per heavy atom. The van der Waals surface area contributed by atoms with E-state index in [4.69, 9.17) is 14.2 Å². The van der Waals surface area contributed by atoms with Crippen LogP contribution in [0.25, 0.3) is 0 Å². The van der Waals surface area contributed by atoms with Crippen molar-refractivity contribution in [2.45, 2.75) is 58.3 Å². The summed E-state index contributed by atoms with van der Waals surface area (Å²) in [6, 6.07) is 9.21. The molecule has 6 heteroatoms. The molecule has 1 N–H and O–H groups in total. The first-order chi connectivity index (χ1) is 12.2. The number of methoxy groups -OCH3 is 1. The highest BCUT2D eigenvalue weighted by atomic mass is 16.6. The largest absolute Gasteiger partial charge is 0.467 e. The SMILES string of the molecule is COC(=O)[C@H](CC1(COCc2ccccc2)CC1)NC(=O)OC(C)(C)C. The Morgan fingerprint density at radius 1 is 1.19 bits per heavy atom. The molecule has 6 nitrogen and oxygen atoms in total. The second-order valence-electron chi connectivity index (χ2n) is 7.90. The number of alkyl carbamates (subject to hydrolysis) is 1. The van der Waals surface area contributed by atoms with Gasteiger partial charge in [0, 0.05) is 0 Å². The van der Waals surface area contributed by atoms with Crippen molar-refractivity contribution >= 4 is 12.1 Å². The Kier molecular flexibility index (Phi) is 6.64. The van der Waals surface area contributed by atoms with Gasteiger partial charge in [0.1, 0.15) is 11.6 Å². The van der Waals surface area contributed by atoms with Gasteiger partial charge in [0.25, 0.3) is 0 Å². The first-order valence-corrected chi connectivity index (χ1v) is 8.92. The van der Waals surface area contributed by atoms with E-state index in [1.54, 1.807) is 20.8 Å². The lowest BCUT2D eigenvalue weighted by atomic mass is 9.97. The number of amides is 1. The molecule has 0 unspecified atom stereocenters. The van der Waals surface area contributed by atoms with Crippen LogP contribution < -0.4 is 5.32 Å². The minimum Gasteiger partial charge on any atom is -0.467 e. The summed E-state index contributed by atoms with van der Waals surface area (Å²) < 4.78 is 15.9. The molecule has 0 aliphatic heterocycles. The van der Waals surface area contributed by atoms with Crippen molar-refractivity contribution in [3.8, 4) is 0 Å². The molecule has 1 fully saturated rings. The van der Waals surface area contributed by atoms with Gasteiger partial charge in [-0.05, 0) is 51.0 Å². The molecule has 0 spiro atoms. The molecular weight excluding hydrogens is 334 g/mol. The zero-order chi connectivity index (χ0) is 19.2. The molecule has 0 aromatic heterocycles. The fourth-order valence-electron chi connectivity index (χ4n) is 2.76. The van der Waals surface area contributed by atoms with Crippen molar-refractivity contribution in [1.82, 2.24) is 5.32 Å². The van der Waals surface area contributed by atoms with Crippen molar-refractivity contribution < 1.29 is 23.8 Å². The molecule has 1 aromatic carbocycles. The molecule has 2 rings (SSSR count). The standard InChI is InChI=1S/C20H29NO5/c1-19(2,3)26-18(23)21-16(17(22)24-4)12-20(10-11-20)14-25-13-15-8-6-5-7-9-15/h5-9,16H,10-14H2,1-4H3,(H,21,23)/t16-/m0/s1. The molecule has 0 heterocycles. The Balaban J connectivity index is 1.88. The second kappa shape index (κ2) is 8.54. The van der Waals surface area contributed by atoms with Crippen LogP contribution in [0.3, 0.4) is 0 Å². The second-order valence-corrected chi connectivity index (χ2v) is 7.90. The van der Waals surface area contributed by atoms with Crippen molar-refractivity contribution in [2.75, 3.05) is 13.7 Å². The number of benzene rings is 1. The van der Waals surface area contributed by atoms with Crippen molar-refractivity contribution in [3.05, 3.63) is 35.9 Å². The average molecular weight is 363 g/mol. The molecule has 1 aliphatic rings. The number of rotatable bonds is 8. The Bertz CT molecular complexity index is 604. The monoisotopic (exact) mass is 363 g/mol.